The molecule has 1 fully saturated rings. The monoisotopic (exact) mass is 485 g/mol. The molecular weight excluding hydrogens is 454 g/mol. The number of carbonyl (C=O) groups excluding carboxylic acids is 1. The van der Waals surface area contributed by atoms with Crippen LogP contribution in [-0.2, 0) is 28.9 Å². The molecule has 0 saturated carbocycles. The van der Waals surface area contributed by atoms with Crippen LogP contribution in [0.25, 0.3) is 0 Å². The van der Waals surface area contributed by atoms with Gasteiger partial charge in [0.2, 0.25) is 0 Å². The minimum absolute atomic E-state index is 0.0379. The number of pyridine rings is 1. The van der Waals surface area contributed by atoms with Crippen LogP contribution < -0.4 is 0 Å². The molecule has 0 spiro atoms. The van der Waals surface area contributed by atoms with Gasteiger partial charge in [-0.25, -0.2) is 9.69 Å². The summed E-state index contributed by atoms with van der Waals surface area (Å²) in [5, 5.41) is 14.2. The molecule has 10 heteroatoms. The molecule has 1 amide bonds. The SMILES string of the molecule is C=NN(C(=O)/C(Cl)=C(\C)N1CCc2c(nnn2C(C)c2cccnc2CC)C1)C1CCCCO1. The zero-order chi connectivity index (χ0) is 24.2. The Labute approximate surface area is 205 Å². The Morgan fingerprint density at radius 3 is 2.97 bits per heavy atom. The number of ether oxygens (including phenoxy) is 1. The molecule has 2 atom stereocenters. The second-order valence-corrected chi connectivity index (χ2v) is 9.06. The van der Waals surface area contributed by atoms with E-state index in [1.807, 2.05) is 23.9 Å². The first kappa shape index (κ1) is 24.3. The average Bonchev–Trinajstić information content (AvgIpc) is 3.31. The van der Waals surface area contributed by atoms with Crippen molar-refractivity contribution < 1.29 is 9.53 Å². The Balaban J connectivity index is 1.52. The van der Waals surface area contributed by atoms with Gasteiger partial charge in [0.25, 0.3) is 5.91 Å². The van der Waals surface area contributed by atoms with E-state index < -0.39 is 12.1 Å². The standard InChI is InChI=1S/C24H32ClN7O2/c1-5-19-18(9-8-12-27-19)16(2)31-21-11-13-30(15-20(21)28-29-31)17(3)23(25)24(33)32(26-4)22-10-6-7-14-34-22/h8-9,12,16,22H,4-7,10-11,13-15H2,1-3H3/b23-17-. The number of amides is 1. The molecule has 0 N–H and O–H groups in total. The first-order valence-electron chi connectivity index (χ1n) is 11.9. The molecule has 4 heterocycles. The van der Waals surface area contributed by atoms with Gasteiger partial charge in [-0.2, -0.15) is 5.10 Å². The van der Waals surface area contributed by atoms with Crippen molar-refractivity contribution in [1.29, 1.82) is 0 Å². The Morgan fingerprint density at radius 2 is 2.26 bits per heavy atom. The summed E-state index contributed by atoms with van der Waals surface area (Å²) in [6.45, 7) is 11.5. The molecule has 2 aliphatic heterocycles. The Hall–Kier alpha value is -2.78. The van der Waals surface area contributed by atoms with E-state index in [9.17, 15) is 4.79 Å². The van der Waals surface area contributed by atoms with Gasteiger partial charge in [-0.1, -0.05) is 29.8 Å². The molecule has 4 rings (SSSR count). The normalized spacial score (nSPS) is 19.8. The molecule has 0 aliphatic carbocycles. The highest BCUT2D eigenvalue weighted by molar-refractivity contribution is 6.42. The first-order chi connectivity index (χ1) is 16.5. The number of aryl methyl sites for hydroxylation is 1. The number of nitrogens with zero attached hydrogens (tertiary/aromatic N) is 7. The Bertz CT molecular complexity index is 1080. The molecule has 0 radical (unpaired) electrons. The number of rotatable bonds is 7. The second kappa shape index (κ2) is 10.7. The van der Waals surface area contributed by atoms with Gasteiger partial charge in [0.05, 0.1) is 18.3 Å². The number of hydrazone groups is 1. The second-order valence-electron chi connectivity index (χ2n) is 8.68. The maximum atomic E-state index is 13.1. The number of aromatic nitrogens is 4. The molecular formula is C24H32ClN7O2. The summed E-state index contributed by atoms with van der Waals surface area (Å²) in [5.41, 5.74) is 4.92. The molecule has 2 aliphatic rings. The van der Waals surface area contributed by atoms with E-state index in [0.29, 0.717) is 25.4 Å². The van der Waals surface area contributed by atoms with Gasteiger partial charge in [-0.15, -0.1) is 5.10 Å². The van der Waals surface area contributed by atoms with Gasteiger partial charge in [0, 0.05) is 43.9 Å². The molecule has 34 heavy (non-hydrogen) atoms. The third-order valence-corrected chi connectivity index (χ3v) is 7.11. The lowest BCUT2D eigenvalue weighted by Crippen LogP contribution is -2.41. The topological polar surface area (TPSA) is 88.7 Å². The summed E-state index contributed by atoms with van der Waals surface area (Å²) in [5.74, 6) is -0.396. The summed E-state index contributed by atoms with van der Waals surface area (Å²) < 4.78 is 7.70. The molecule has 1 saturated heterocycles. The quantitative estimate of drug-likeness (QED) is 0.338. The molecule has 2 aromatic heterocycles. The van der Waals surface area contributed by atoms with Crippen molar-refractivity contribution in [3.05, 3.63) is 51.7 Å². The van der Waals surface area contributed by atoms with Crippen LogP contribution in [0.3, 0.4) is 0 Å². The third-order valence-electron chi connectivity index (χ3n) is 6.68. The predicted octanol–water partition coefficient (Wildman–Crippen LogP) is 3.64. The van der Waals surface area contributed by atoms with Crippen molar-refractivity contribution in [3.63, 3.8) is 0 Å². The fraction of sp³-hybridized carbons (Fsp3) is 0.542. The highest BCUT2D eigenvalue weighted by Crippen LogP contribution is 2.29. The lowest BCUT2D eigenvalue weighted by molar-refractivity contribution is -0.146. The fourth-order valence-corrected chi connectivity index (χ4v) is 4.89. The van der Waals surface area contributed by atoms with Crippen LogP contribution in [0.5, 0.6) is 0 Å². The Morgan fingerprint density at radius 1 is 1.44 bits per heavy atom. The van der Waals surface area contributed by atoms with E-state index in [1.54, 1.807) is 0 Å². The molecule has 9 nitrogen and oxygen atoms in total. The number of hydrogen-bond donors (Lipinski definition) is 0. The van der Waals surface area contributed by atoms with Gasteiger partial charge in [-0.3, -0.25) is 9.78 Å². The fourth-order valence-electron chi connectivity index (χ4n) is 4.68. The van der Waals surface area contributed by atoms with Crippen LogP contribution in [0.1, 0.15) is 68.7 Å². The average molecular weight is 486 g/mol. The zero-order valence-electron chi connectivity index (χ0n) is 20.1. The molecule has 182 valence electrons. The highest BCUT2D eigenvalue weighted by Gasteiger charge is 2.31. The molecule has 0 bridgehead atoms. The number of carbonyl (C=O) groups is 1. The lowest BCUT2D eigenvalue weighted by Gasteiger charge is -2.32. The van der Waals surface area contributed by atoms with Gasteiger partial charge in [0.15, 0.2) is 6.23 Å². The summed E-state index contributed by atoms with van der Waals surface area (Å²) >= 11 is 6.56. The van der Waals surface area contributed by atoms with Gasteiger partial charge in [0.1, 0.15) is 10.7 Å². The van der Waals surface area contributed by atoms with E-state index in [2.05, 4.69) is 51.9 Å². The van der Waals surface area contributed by atoms with Crippen LogP contribution in [0.4, 0.5) is 0 Å². The van der Waals surface area contributed by atoms with Gasteiger partial charge in [-0.05, 0) is 51.2 Å². The van der Waals surface area contributed by atoms with Crippen molar-refractivity contribution in [2.45, 2.75) is 71.7 Å². The van der Waals surface area contributed by atoms with Crippen molar-refractivity contribution in [2.75, 3.05) is 13.2 Å². The van der Waals surface area contributed by atoms with Crippen molar-refractivity contribution >= 4 is 24.2 Å². The van der Waals surface area contributed by atoms with Crippen molar-refractivity contribution in [3.8, 4) is 0 Å². The molecule has 2 aromatic rings. The summed E-state index contributed by atoms with van der Waals surface area (Å²) in [7, 11) is 0. The molecule has 0 aromatic carbocycles. The molecule has 2 unspecified atom stereocenters. The highest BCUT2D eigenvalue weighted by atomic mass is 35.5. The van der Waals surface area contributed by atoms with E-state index in [1.165, 1.54) is 5.01 Å². The number of halogens is 1. The van der Waals surface area contributed by atoms with Crippen molar-refractivity contribution in [1.82, 2.24) is 29.9 Å². The minimum Gasteiger partial charge on any atom is -0.367 e. The summed E-state index contributed by atoms with van der Waals surface area (Å²) in [6, 6.07) is 4.10. The number of hydrogen-bond acceptors (Lipinski definition) is 7. The largest absolute Gasteiger partial charge is 0.367 e. The van der Waals surface area contributed by atoms with E-state index in [0.717, 1.165) is 54.7 Å². The summed E-state index contributed by atoms with van der Waals surface area (Å²) in [6.07, 6.45) is 5.70. The maximum absolute atomic E-state index is 13.1. The van der Waals surface area contributed by atoms with Gasteiger partial charge >= 0.3 is 0 Å². The van der Waals surface area contributed by atoms with E-state index in [-0.39, 0.29) is 11.1 Å². The zero-order valence-corrected chi connectivity index (χ0v) is 20.8. The van der Waals surface area contributed by atoms with E-state index in [4.69, 9.17) is 16.3 Å². The third kappa shape index (κ3) is 4.72. The van der Waals surface area contributed by atoms with Crippen LogP contribution in [0.15, 0.2) is 34.2 Å². The van der Waals surface area contributed by atoms with Crippen LogP contribution in [0.2, 0.25) is 0 Å². The summed E-state index contributed by atoms with van der Waals surface area (Å²) in [4.78, 5) is 19.7. The maximum Gasteiger partial charge on any atom is 0.289 e. The van der Waals surface area contributed by atoms with Crippen LogP contribution in [-0.4, -0.2) is 61.9 Å². The Kier molecular flexibility index (Phi) is 7.63. The number of fused-ring (bicyclic) bond motifs is 1. The first-order valence-corrected chi connectivity index (χ1v) is 12.2. The van der Waals surface area contributed by atoms with Gasteiger partial charge < -0.3 is 9.64 Å². The predicted molar refractivity (Wildman–Crippen MR) is 130 cm³/mol. The minimum atomic E-state index is -0.421. The van der Waals surface area contributed by atoms with Crippen molar-refractivity contribution in [2.24, 2.45) is 5.10 Å². The number of allylic oxidation sites excluding steroid dienone is 1. The van der Waals surface area contributed by atoms with Crippen LogP contribution in [0, 0.1) is 0 Å². The van der Waals surface area contributed by atoms with E-state index >= 15 is 0 Å². The smallest absolute Gasteiger partial charge is 0.289 e. The lowest BCUT2D eigenvalue weighted by atomic mass is 10.0. The van der Waals surface area contributed by atoms with Crippen LogP contribution >= 0.6 is 11.6 Å².